The second-order valence-corrected chi connectivity index (χ2v) is 7.14. The maximum Gasteiger partial charge on any atom is 0.166 e. The molecule has 2 aromatic carbocycles. The number of rotatable bonds is 12. The van der Waals surface area contributed by atoms with E-state index in [1.807, 2.05) is 36.4 Å². The van der Waals surface area contributed by atoms with Crippen LogP contribution in [0.25, 0.3) is 5.76 Å². The van der Waals surface area contributed by atoms with Gasteiger partial charge in [0, 0.05) is 5.56 Å². The zero-order valence-electron chi connectivity index (χ0n) is 17.9. The van der Waals surface area contributed by atoms with Gasteiger partial charge in [0.2, 0.25) is 0 Å². The van der Waals surface area contributed by atoms with Crippen LogP contribution in [0.15, 0.2) is 85.5 Å². The van der Waals surface area contributed by atoms with Crippen molar-refractivity contribution >= 4 is 5.76 Å². The van der Waals surface area contributed by atoms with Gasteiger partial charge in [0.25, 0.3) is 0 Å². The van der Waals surface area contributed by atoms with Crippen LogP contribution in [0.2, 0.25) is 0 Å². The minimum absolute atomic E-state index is 0.130. The van der Waals surface area contributed by atoms with Crippen LogP contribution < -0.4 is 0 Å². The highest BCUT2D eigenvalue weighted by atomic mass is 16.6. The van der Waals surface area contributed by atoms with Crippen molar-refractivity contribution in [2.45, 2.75) is 19.4 Å². The van der Waals surface area contributed by atoms with Crippen molar-refractivity contribution in [3.63, 3.8) is 0 Å². The normalized spacial score (nSPS) is 16.0. The fraction of sp³-hybridized carbons (Fsp3) is 0.308. The monoisotopic (exact) mass is 422 g/mol. The molecule has 5 nitrogen and oxygen atoms in total. The maximum atomic E-state index is 5.74. The third-order valence-corrected chi connectivity index (χ3v) is 4.58. The minimum Gasteiger partial charge on any atom is -0.497 e. The van der Waals surface area contributed by atoms with Gasteiger partial charge in [-0.1, -0.05) is 60.2 Å². The summed E-state index contributed by atoms with van der Waals surface area (Å²) in [5.74, 6) is 0.742. The molecule has 3 rings (SSSR count). The first-order valence-electron chi connectivity index (χ1n) is 10.5. The van der Waals surface area contributed by atoms with Crippen LogP contribution in [0, 0.1) is 6.92 Å². The van der Waals surface area contributed by atoms with Crippen molar-refractivity contribution in [2.24, 2.45) is 0 Å². The lowest BCUT2D eigenvalue weighted by Crippen LogP contribution is -2.26. The molecule has 0 saturated carbocycles. The van der Waals surface area contributed by atoms with Crippen molar-refractivity contribution in [2.75, 3.05) is 33.0 Å². The second-order valence-electron chi connectivity index (χ2n) is 7.14. The summed E-state index contributed by atoms with van der Waals surface area (Å²) in [6.45, 7) is 4.61. The Bertz CT molecular complexity index is 840. The van der Waals surface area contributed by atoms with E-state index in [2.05, 4.69) is 31.2 Å². The Labute approximate surface area is 184 Å². The van der Waals surface area contributed by atoms with Crippen molar-refractivity contribution in [3.05, 3.63) is 102 Å². The van der Waals surface area contributed by atoms with E-state index in [1.165, 1.54) is 11.1 Å². The van der Waals surface area contributed by atoms with Crippen molar-refractivity contribution < 1.29 is 23.7 Å². The second kappa shape index (κ2) is 13.2. The molecule has 1 aliphatic heterocycles. The quantitative estimate of drug-likeness (QED) is 0.355. The Morgan fingerprint density at radius 3 is 2.48 bits per heavy atom. The van der Waals surface area contributed by atoms with Gasteiger partial charge in [-0.3, -0.25) is 0 Å². The molecule has 1 heterocycles. The highest BCUT2D eigenvalue weighted by Gasteiger charge is 2.17. The number of aryl methyl sites for hydroxylation is 1. The topological polar surface area (TPSA) is 46.2 Å². The molecule has 0 radical (unpaired) electrons. The van der Waals surface area contributed by atoms with E-state index in [0.29, 0.717) is 33.0 Å². The molecule has 164 valence electrons. The first-order chi connectivity index (χ1) is 15.3. The number of hydrogen-bond acceptors (Lipinski definition) is 5. The van der Waals surface area contributed by atoms with Crippen LogP contribution in [0.4, 0.5) is 0 Å². The van der Waals surface area contributed by atoms with Gasteiger partial charge in [0.15, 0.2) is 11.9 Å². The summed E-state index contributed by atoms with van der Waals surface area (Å²) in [5, 5.41) is 0. The van der Waals surface area contributed by atoms with E-state index in [1.54, 1.807) is 24.9 Å². The molecular weight excluding hydrogens is 392 g/mol. The molecule has 0 bridgehead atoms. The summed E-state index contributed by atoms with van der Waals surface area (Å²) >= 11 is 0. The standard InChI is InChI=1S/C26H30O5/c1-22-9-11-23(12-10-22)13-18-28-16-5-14-27-15-6-17-29-19-25-20-31-26(21-30-25)24-7-3-2-4-8-24/h2-12,14,17,21,25H,13,15-16,18-20H2,1H3/b14-5+,17-6+. The summed E-state index contributed by atoms with van der Waals surface area (Å²) in [5.41, 5.74) is 3.56. The summed E-state index contributed by atoms with van der Waals surface area (Å²) in [6.07, 6.45) is 9.35. The van der Waals surface area contributed by atoms with Gasteiger partial charge in [-0.2, -0.15) is 0 Å². The van der Waals surface area contributed by atoms with E-state index in [0.717, 1.165) is 17.7 Å². The summed E-state index contributed by atoms with van der Waals surface area (Å²) in [6, 6.07) is 18.4. The van der Waals surface area contributed by atoms with Crippen molar-refractivity contribution in [1.82, 2.24) is 0 Å². The Hall–Kier alpha value is -3.18. The van der Waals surface area contributed by atoms with E-state index in [9.17, 15) is 0 Å². The van der Waals surface area contributed by atoms with Crippen LogP contribution in [-0.4, -0.2) is 39.1 Å². The molecule has 1 atom stereocenters. The van der Waals surface area contributed by atoms with Gasteiger partial charge in [0.1, 0.15) is 26.1 Å². The first kappa shape index (κ1) is 22.5. The Balaban J connectivity index is 1.18. The van der Waals surface area contributed by atoms with E-state index >= 15 is 0 Å². The average molecular weight is 423 g/mol. The van der Waals surface area contributed by atoms with Gasteiger partial charge < -0.3 is 23.7 Å². The van der Waals surface area contributed by atoms with Gasteiger partial charge >= 0.3 is 0 Å². The predicted molar refractivity (Wildman–Crippen MR) is 121 cm³/mol. The van der Waals surface area contributed by atoms with Gasteiger partial charge in [-0.15, -0.1) is 0 Å². The summed E-state index contributed by atoms with van der Waals surface area (Å²) in [7, 11) is 0. The molecule has 0 amide bonds. The van der Waals surface area contributed by atoms with Gasteiger partial charge in [-0.05, 0) is 31.1 Å². The highest BCUT2D eigenvalue weighted by molar-refractivity contribution is 5.58. The average Bonchev–Trinajstić information content (AvgIpc) is 2.82. The van der Waals surface area contributed by atoms with Crippen LogP contribution >= 0.6 is 0 Å². The third-order valence-electron chi connectivity index (χ3n) is 4.58. The summed E-state index contributed by atoms with van der Waals surface area (Å²) in [4.78, 5) is 0. The zero-order chi connectivity index (χ0) is 21.6. The highest BCUT2D eigenvalue weighted by Crippen LogP contribution is 2.20. The molecule has 0 fully saturated rings. The number of ether oxygens (including phenoxy) is 5. The molecule has 0 N–H and O–H groups in total. The lowest BCUT2D eigenvalue weighted by molar-refractivity contribution is 0.00473. The maximum absolute atomic E-state index is 5.74. The van der Waals surface area contributed by atoms with Crippen LogP contribution in [-0.2, 0) is 30.1 Å². The number of hydrogen-bond donors (Lipinski definition) is 0. The fourth-order valence-corrected chi connectivity index (χ4v) is 2.84. The van der Waals surface area contributed by atoms with E-state index in [4.69, 9.17) is 23.7 Å². The predicted octanol–water partition coefficient (Wildman–Crippen LogP) is 5.03. The molecule has 1 aliphatic rings. The Morgan fingerprint density at radius 1 is 0.935 bits per heavy atom. The molecule has 2 aromatic rings. The van der Waals surface area contributed by atoms with Crippen LogP contribution in [0.1, 0.15) is 16.7 Å². The SMILES string of the molecule is Cc1ccc(CCOC/C=C/OC/C=C/OCC2COC(c3ccccc3)=CO2)cc1. The third kappa shape index (κ3) is 8.60. The lowest BCUT2D eigenvalue weighted by Gasteiger charge is -2.23. The van der Waals surface area contributed by atoms with Crippen LogP contribution in [0.5, 0.6) is 0 Å². The minimum atomic E-state index is -0.130. The Morgan fingerprint density at radius 2 is 1.71 bits per heavy atom. The van der Waals surface area contributed by atoms with Crippen LogP contribution in [0.3, 0.4) is 0 Å². The zero-order valence-corrected chi connectivity index (χ0v) is 17.9. The molecule has 0 spiro atoms. The van der Waals surface area contributed by atoms with E-state index < -0.39 is 0 Å². The van der Waals surface area contributed by atoms with Gasteiger partial charge in [0.05, 0.1) is 25.7 Å². The molecule has 0 aromatic heterocycles. The van der Waals surface area contributed by atoms with Crippen molar-refractivity contribution in [1.29, 1.82) is 0 Å². The van der Waals surface area contributed by atoms with Gasteiger partial charge in [-0.25, -0.2) is 0 Å². The lowest BCUT2D eigenvalue weighted by atomic mass is 10.1. The largest absolute Gasteiger partial charge is 0.497 e. The first-order valence-corrected chi connectivity index (χ1v) is 10.5. The molecular formula is C26H30O5. The molecule has 0 aliphatic carbocycles. The molecule has 31 heavy (non-hydrogen) atoms. The molecule has 0 saturated heterocycles. The molecule has 1 unspecified atom stereocenters. The van der Waals surface area contributed by atoms with Crippen molar-refractivity contribution in [3.8, 4) is 0 Å². The fourth-order valence-electron chi connectivity index (χ4n) is 2.84. The number of benzene rings is 2. The van der Waals surface area contributed by atoms with E-state index in [-0.39, 0.29) is 6.10 Å². The molecule has 5 heteroatoms. The summed E-state index contributed by atoms with van der Waals surface area (Å²) < 4.78 is 27.8. The smallest absolute Gasteiger partial charge is 0.166 e. The Kier molecular flexibility index (Phi) is 9.57.